The van der Waals surface area contributed by atoms with E-state index in [1.54, 1.807) is 0 Å². The van der Waals surface area contributed by atoms with E-state index in [0.29, 0.717) is 0 Å². The first-order valence-corrected chi connectivity index (χ1v) is 5.21. The van der Waals surface area contributed by atoms with Crippen molar-refractivity contribution >= 4 is 23.5 Å². The van der Waals surface area contributed by atoms with Crippen molar-refractivity contribution in [3.8, 4) is 0 Å². The Hall–Kier alpha value is -0.820. The maximum atomic E-state index is 2.32. The molecule has 2 rings (SSSR count). The number of hydrogen-bond donors (Lipinski definition) is 0. The van der Waals surface area contributed by atoms with Crippen LogP contribution >= 0.6 is 11.3 Å². The van der Waals surface area contributed by atoms with Crippen LogP contribution in [0.2, 0.25) is 0 Å². The van der Waals surface area contributed by atoms with Crippen LogP contribution in [0.1, 0.15) is 19.8 Å². The van der Waals surface area contributed by atoms with Gasteiger partial charge < -0.3 is 0 Å². The van der Waals surface area contributed by atoms with E-state index in [1.807, 2.05) is 11.3 Å². The van der Waals surface area contributed by atoms with Gasteiger partial charge in [0.1, 0.15) is 0 Å². The lowest BCUT2D eigenvalue weighted by Crippen LogP contribution is -2.15. The maximum Gasteiger partial charge on any atom is 0.0339 e. The summed E-state index contributed by atoms with van der Waals surface area (Å²) in [4.78, 5) is 0. The van der Waals surface area contributed by atoms with Crippen LogP contribution in [0.4, 0.5) is 0 Å². The van der Waals surface area contributed by atoms with Gasteiger partial charge in [-0.1, -0.05) is 24.6 Å². The Morgan fingerprint density at radius 3 is 3.17 bits per heavy atom. The highest BCUT2D eigenvalue weighted by atomic mass is 32.1. The van der Waals surface area contributed by atoms with Crippen LogP contribution in [-0.4, -0.2) is 0 Å². The number of hydrogen-bond acceptors (Lipinski definition) is 1. The summed E-state index contributed by atoms with van der Waals surface area (Å²) in [6.45, 7) is 2.22. The van der Waals surface area contributed by atoms with Crippen molar-refractivity contribution in [2.45, 2.75) is 19.8 Å². The third-order valence-electron chi connectivity index (χ3n) is 2.24. The first-order valence-electron chi connectivity index (χ1n) is 4.33. The number of allylic oxidation sites excluding steroid dienone is 2. The molecule has 1 aliphatic rings. The minimum atomic E-state index is 1.12. The third-order valence-corrected chi connectivity index (χ3v) is 3.13. The van der Waals surface area contributed by atoms with Crippen LogP contribution in [0.3, 0.4) is 0 Å². The molecule has 1 heteroatoms. The van der Waals surface area contributed by atoms with E-state index in [4.69, 9.17) is 0 Å². The lowest BCUT2D eigenvalue weighted by molar-refractivity contribution is 1.06. The predicted molar refractivity (Wildman–Crippen MR) is 55.5 cm³/mol. The summed E-state index contributed by atoms with van der Waals surface area (Å²) >= 11 is 1.82. The van der Waals surface area contributed by atoms with Gasteiger partial charge in [-0.3, -0.25) is 0 Å². The summed E-state index contributed by atoms with van der Waals surface area (Å²) in [5.74, 6) is 0. The second-order valence-corrected chi connectivity index (χ2v) is 3.94. The molecule has 1 aromatic rings. The molecule has 0 aromatic carbocycles. The van der Waals surface area contributed by atoms with Crippen molar-refractivity contribution in [2.24, 2.45) is 0 Å². The van der Waals surface area contributed by atoms with Crippen molar-refractivity contribution in [3.05, 3.63) is 32.8 Å². The van der Waals surface area contributed by atoms with Crippen LogP contribution in [0.15, 0.2) is 23.1 Å². The fourth-order valence-electron chi connectivity index (χ4n) is 1.40. The van der Waals surface area contributed by atoms with Gasteiger partial charge in [0.25, 0.3) is 0 Å². The minimum Gasteiger partial charge on any atom is -0.144 e. The Labute approximate surface area is 76.6 Å². The number of fused-ring (bicyclic) bond motifs is 1. The van der Waals surface area contributed by atoms with Crippen LogP contribution in [-0.2, 0) is 0 Å². The van der Waals surface area contributed by atoms with Gasteiger partial charge in [0.05, 0.1) is 0 Å². The lowest BCUT2D eigenvalue weighted by Gasteiger charge is -1.94. The Balaban J connectivity index is 2.54. The van der Waals surface area contributed by atoms with E-state index >= 15 is 0 Å². The van der Waals surface area contributed by atoms with Gasteiger partial charge in [-0.2, -0.15) is 0 Å². The Morgan fingerprint density at radius 2 is 2.33 bits per heavy atom. The zero-order chi connectivity index (χ0) is 8.39. The molecular weight excluding hydrogens is 164 g/mol. The van der Waals surface area contributed by atoms with E-state index < -0.39 is 0 Å². The first kappa shape index (κ1) is 7.81. The summed E-state index contributed by atoms with van der Waals surface area (Å²) in [6, 6.07) is 2.20. The molecule has 0 saturated carbocycles. The third kappa shape index (κ3) is 1.37. The smallest absolute Gasteiger partial charge is 0.0339 e. The Morgan fingerprint density at radius 1 is 1.42 bits per heavy atom. The molecule has 0 amide bonds. The van der Waals surface area contributed by atoms with E-state index in [1.165, 1.54) is 21.7 Å². The van der Waals surface area contributed by atoms with Gasteiger partial charge in [-0.05, 0) is 35.6 Å². The highest BCUT2D eigenvalue weighted by Crippen LogP contribution is 2.08. The molecular formula is C11H12S. The average Bonchev–Trinajstić information content (AvgIpc) is 2.46. The highest BCUT2D eigenvalue weighted by Gasteiger charge is 1.95. The summed E-state index contributed by atoms with van der Waals surface area (Å²) in [7, 11) is 0. The van der Waals surface area contributed by atoms with Gasteiger partial charge in [0, 0.05) is 4.53 Å². The molecule has 0 bridgehead atoms. The van der Waals surface area contributed by atoms with Crippen molar-refractivity contribution < 1.29 is 0 Å². The van der Waals surface area contributed by atoms with Crippen LogP contribution in [0.5, 0.6) is 0 Å². The van der Waals surface area contributed by atoms with Gasteiger partial charge >= 0.3 is 0 Å². The van der Waals surface area contributed by atoms with Crippen molar-refractivity contribution in [1.82, 2.24) is 0 Å². The standard InChI is InChI=1S/C11H12S/c1-2-9-3-5-10-7-8-12-11(10)6-4-9/h4-8H,2-3H2,1H3. The normalized spacial score (nSPS) is 15.2. The van der Waals surface area contributed by atoms with Crippen LogP contribution in [0, 0.1) is 0 Å². The lowest BCUT2D eigenvalue weighted by atomic mass is 10.1. The maximum absolute atomic E-state index is 2.32. The molecule has 0 saturated heterocycles. The quantitative estimate of drug-likeness (QED) is 0.614. The zero-order valence-electron chi connectivity index (χ0n) is 7.21. The number of thiophene rings is 1. The molecule has 0 unspecified atom stereocenters. The second-order valence-electron chi connectivity index (χ2n) is 2.99. The summed E-state index contributed by atoms with van der Waals surface area (Å²) in [5, 5.41) is 3.56. The first-order chi connectivity index (χ1) is 5.90. The molecule has 0 nitrogen and oxygen atoms in total. The Bertz CT molecular complexity index is 406. The van der Waals surface area contributed by atoms with Gasteiger partial charge in [0.2, 0.25) is 0 Å². The van der Waals surface area contributed by atoms with E-state index in [-0.39, 0.29) is 0 Å². The monoisotopic (exact) mass is 176 g/mol. The van der Waals surface area contributed by atoms with E-state index in [9.17, 15) is 0 Å². The topological polar surface area (TPSA) is 0 Å². The molecule has 1 aliphatic carbocycles. The predicted octanol–water partition coefficient (Wildman–Crippen LogP) is 2.05. The second kappa shape index (κ2) is 3.28. The van der Waals surface area contributed by atoms with Gasteiger partial charge in [0.15, 0.2) is 0 Å². The van der Waals surface area contributed by atoms with Crippen LogP contribution < -0.4 is 9.75 Å². The van der Waals surface area contributed by atoms with Gasteiger partial charge in [-0.15, -0.1) is 11.3 Å². The van der Waals surface area contributed by atoms with Crippen molar-refractivity contribution in [1.29, 1.82) is 0 Å². The number of rotatable bonds is 1. The summed E-state index contributed by atoms with van der Waals surface area (Å²) < 4.78 is 1.40. The largest absolute Gasteiger partial charge is 0.144 e. The molecule has 12 heavy (non-hydrogen) atoms. The summed E-state index contributed by atoms with van der Waals surface area (Å²) in [5.41, 5.74) is 1.53. The average molecular weight is 176 g/mol. The molecule has 0 radical (unpaired) electrons. The van der Waals surface area contributed by atoms with Crippen molar-refractivity contribution in [2.75, 3.05) is 0 Å². The molecule has 1 heterocycles. The molecule has 0 spiro atoms. The summed E-state index contributed by atoms with van der Waals surface area (Å²) in [6.07, 6.45) is 9.12. The van der Waals surface area contributed by atoms with Gasteiger partial charge in [-0.25, -0.2) is 0 Å². The fraction of sp³-hybridized carbons (Fsp3) is 0.273. The Kier molecular flexibility index (Phi) is 2.13. The molecule has 0 aliphatic heterocycles. The highest BCUT2D eigenvalue weighted by molar-refractivity contribution is 7.07. The van der Waals surface area contributed by atoms with Crippen LogP contribution in [0.25, 0.3) is 12.2 Å². The fourth-order valence-corrected chi connectivity index (χ4v) is 2.20. The molecule has 0 atom stereocenters. The molecule has 1 aromatic heterocycles. The van der Waals surface area contributed by atoms with E-state index in [0.717, 1.165) is 6.42 Å². The SMILES string of the molecule is CCC1=CC=c2sccc2=CC1. The van der Waals surface area contributed by atoms with Crippen molar-refractivity contribution in [3.63, 3.8) is 0 Å². The zero-order valence-corrected chi connectivity index (χ0v) is 8.03. The minimum absolute atomic E-state index is 1.12. The van der Waals surface area contributed by atoms with E-state index in [2.05, 4.69) is 36.6 Å². The molecule has 62 valence electrons. The molecule has 0 fully saturated rings. The molecule has 0 N–H and O–H groups in total.